The van der Waals surface area contributed by atoms with Crippen LogP contribution in [0.25, 0.3) is 11.0 Å². The summed E-state index contributed by atoms with van der Waals surface area (Å²) in [4.78, 5) is -0.0791. The van der Waals surface area contributed by atoms with Crippen molar-refractivity contribution in [3.05, 3.63) is 52.8 Å². The first kappa shape index (κ1) is 18.3. The summed E-state index contributed by atoms with van der Waals surface area (Å²) in [5, 5.41) is 8.38. The van der Waals surface area contributed by atoms with E-state index in [2.05, 4.69) is 10.3 Å². The summed E-state index contributed by atoms with van der Waals surface area (Å²) in [5.41, 5.74) is 2.90. The van der Waals surface area contributed by atoms with Crippen molar-refractivity contribution in [2.45, 2.75) is 30.7 Å². The number of aromatic nitrogens is 3. The lowest BCUT2D eigenvalue weighted by atomic mass is 10.1. The highest BCUT2D eigenvalue weighted by Crippen LogP contribution is 2.29. The lowest BCUT2D eigenvalue weighted by molar-refractivity contribution is 0.262. The molecule has 6 nitrogen and oxygen atoms in total. The number of sulfonamides is 1. The molecule has 142 valence electrons. The zero-order valence-electron chi connectivity index (χ0n) is 14.6. The highest BCUT2D eigenvalue weighted by Gasteiger charge is 2.31. The minimum absolute atomic E-state index is 0.0751. The van der Waals surface area contributed by atoms with Gasteiger partial charge in [-0.05, 0) is 55.7 Å². The summed E-state index contributed by atoms with van der Waals surface area (Å²) in [7, 11) is -3.75. The van der Waals surface area contributed by atoms with E-state index in [-0.39, 0.29) is 16.0 Å². The van der Waals surface area contributed by atoms with Gasteiger partial charge in [0.05, 0.1) is 21.5 Å². The van der Waals surface area contributed by atoms with Crippen LogP contribution in [0.3, 0.4) is 0 Å². The molecule has 0 radical (unpaired) electrons. The van der Waals surface area contributed by atoms with Crippen molar-refractivity contribution < 1.29 is 12.8 Å². The Hall–Kier alpha value is -2.03. The molecular weight excluding hydrogens is 391 g/mol. The van der Waals surface area contributed by atoms with Gasteiger partial charge in [0.2, 0.25) is 10.0 Å². The zero-order valence-corrected chi connectivity index (χ0v) is 16.2. The second-order valence-corrected chi connectivity index (χ2v) is 9.08. The number of aryl methyl sites for hydroxylation is 1. The Morgan fingerprint density at radius 2 is 1.89 bits per heavy atom. The summed E-state index contributed by atoms with van der Waals surface area (Å²) < 4.78 is 42.5. The molecule has 0 unspecified atom stereocenters. The van der Waals surface area contributed by atoms with E-state index in [9.17, 15) is 12.8 Å². The Bertz CT molecular complexity index is 1110. The first-order chi connectivity index (χ1) is 12.9. The first-order valence-electron chi connectivity index (χ1n) is 8.63. The van der Waals surface area contributed by atoms with Crippen LogP contribution in [-0.4, -0.2) is 40.8 Å². The zero-order chi connectivity index (χ0) is 19.2. The smallest absolute Gasteiger partial charge is 0.242 e. The molecule has 4 rings (SSSR count). The third-order valence-electron chi connectivity index (χ3n) is 4.92. The quantitative estimate of drug-likeness (QED) is 0.664. The Kier molecular flexibility index (Phi) is 4.65. The first-order valence-corrected chi connectivity index (χ1v) is 10.4. The fraction of sp³-hybridized carbons (Fsp3) is 0.333. The standard InChI is InChI=1S/C18H18ClFN4O2S/c1-12-2-5-18-17(10-12)21-22-24(18)13-6-8-23(9-7-13)27(25,26)14-3-4-15(19)16(20)11-14/h2-5,10-11,13H,6-9H2,1H3. The Labute approximate surface area is 161 Å². The van der Waals surface area contributed by atoms with Gasteiger partial charge in [-0.3, -0.25) is 0 Å². The molecule has 2 heterocycles. The van der Waals surface area contributed by atoms with Crippen molar-refractivity contribution >= 4 is 32.7 Å². The fourth-order valence-electron chi connectivity index (χ4n) is 3.44. The number of benzene rings is 2. The van der Waals surface area contributed by atoms with Crippen molar-refractivity contribution in [2.75, 3.05) is 13.1 Å². The maximum atomic E-state index is 13.7. The molecule has 0 saturated carbocycles. The number of hydrogen-bond donors (Lipinski definition) is 0. The minimum Gasteiger partial charge on any atom is -0.242 e. The van der Waals surface area contributed by atoms with Crippen LogP contribution in [0.1, 0.15) is 24.4 Å². The van der Waals surface area contributed by atoms with E-state index in [1.807, 2.05) is 29.8 Å². The molecule has 0 N–H and O–H groups in total. The van der Waals surface area contributed by atoms with Crippen molar-refractivity contribution in [2.24, 2.45) is 0 Å². The van der Waals surface area contributed by atoms with Crippen LogP contribution in [-0.2, 0) is 10.0 Å². The van der Waals surface area contributed by atoms with Crippen LogP contribution in [0.4, 0.5) is 4.39 Å². The van der Waals surface area contributed by atoms with Gasteiger partial charge in [-0.1, -0.05) is 22.9 Å². The van der Waals surface area contributed by atoms with Crippen LogP contribution in [0.15, 0.2) is 41.3 Å². The van der Waals surface area contributed by atoms with Gasteiger partial charge in [0, 0.05) is 13.1 Å². The number of piperidine rings is 1. The topological polar surface area (TPSA) is 68.1 Å². The number of hydrogen-bond acceptors (Lipinski definition) is 4. The van der Waals surface area contributed by atoms with Crippen LogP contribution in [0, 0.1) is 12.7 Å². The lowest BCUT2D eigenvalue weighted by Crippen LogP contribution is -2.39. The summed E-state index contributed by atoms with van der Waals surface area (Å²) >= 11 is 5.65. The molecule has 1 aliphatic rings. The van der Waals surface area contributed by atoms with Gasteiger partial charge in [0.15, 0.2) is 0 Å². The van der Waals surface area contributed by atoms with Crippen molar-refractivity contribution in [1.29, 1.82) is 0 Å². The van der Waals surface area contributed by atoms with E-state index in [0.29, 0.717) is 25.9 Å². The molecular formula is C18H18ClFN4O2S. The van der Waals surface area contributed by atoms with E-state index in [4.69, 9.17) is 11.6 Å². The van der Waals surface area contributed by atoms with E-state index >= 15 is 0 Å². The van der Waals surface area contributed by atoms with Crippen LogP contribution in [0.2, 0.25) is 5.02 Å². The SMILES string of the molecule is Cc1ccc2c(c1)nnn2C1CCN(S(=O)(=O)c2ccc(Cl)c(F)c2)CC1. The highest BCUT2D eigenvalue weighted by atomic mass is 35.5. The van der Waals surface area contributed by atoms with Crippen LogP contribution >= 0.6 is 11.6 Å². The molecule has 3 aromatic rings. The van der Waals surface area contributed by atoms with Gasteiger partial charge in [-0.2, -0.15) is 4.31 Å². The monoisotopic (exact) mass is 408 g/mol. The van der Waals surface area contributed by atoms with Crippen LogP contribution < -0.4 is 0 Å². The van der Waals surface area contributed by atoms with E-state index in [1.165, 1.54) is 16.4 Å². The predicted octanol–water partition coefficient (Wildman–Crippen LogP) is 3.56. The maximum Gasteiger partial charge on any atom is 0.243 e. The van der Waals surface area contributed by atoms with E-state index < -0.39 is 15.8 Å². The van der Waals surface area contributed by atoms with Gasteiger partial charge < -0.3 is 0 Å². The van der Waals surface area contributed by atoms with Crippen molar-refractivity contribution in [1.82, 2.24) is 19.3 Å². The van der Waals surface area contributed by atoms with Crippen LogP contribution in [0.5, 0.6) is 0 Å². The molecule has 2 aromatic carbocycles. The normalized spacial score (nSPS) is 16.9. The largest absolute Gasteiger partial charge is 0.243 e. The predicted molar refractivity (Wildman–Crippen MR) is 101 cm³/mol. The Morgan fingerprint density at radius 3 is 2.59 bits per heavy atom. The van der Waals surface area contributed by atoms with Gasteiger partial charge in [-0.15, -0.1) is 5.10 Å². The third-order valence-corrected chi connectivity index (χ3v) is 7.13. The molecule has 0 amide bonds. The number of nitrogens with zero attached hydrogens (tertiary/aromatic N) is 4. The molecule has 0 spiro atoms. The molecule has 0 atom stereocenters. The average Bonchev–Trinajstić information content (AvgIpc) is 3.07. The fourth-order valence-corrected chi connectivity index (χ4v) is 5.03. The Morgan fingerprint density at radius 1 is 1.15 bits per heavy atom. The summed E-state index contributed by atoms with van der Waals surface area (Å²) in [6.45, 7) is 2.68. The van der Waals surface area contributed by atoms with Gasteiger partial charge in [0.25, 0.3) is 0 Å². The number of fused-ring (bicyclic) bond motifs is 1. The van der Waals surface area contributed by atoms with Crippen molar-refractivity contribution in [3.63, 3.8) is 0 Å². The highest BCUT2D eigenvalue weighted by molar-refractivity contribution is 7.89. The van der Waals surface area contributed by atoms with E-state index in [0.717, 1.165) is 22.7 Å². The summed E-state index contributed by atoms with van der Waals surface area (Å²) in [6.07, 6.45) is 1.23. The second-order valence-electron chi connectivity index (χ2n) is 6.74. The summed E-state index contributed by atoms with van der Waals surface area (Å²) in [5.74, 6) is -0.739. The molecule has 1 aromatic heterocycles. The molecule has 0 bridgehead atoms. The molecule has 1 saturated heterocycles. The minimum atomic E-state index is -3.75. The van der Waals surface area contributed by atoms with Gasteiger partial charge in [0.1, 0.15) is 11.3 Å². The van der Waals surface area contributed by atoms with Gasteiger partial charge >= 0.3 is 0 Å². The van der Waals surface area contributed by atoms with Crippen molar-refractivity contribution in [3.8, 4) is 0 Å². The lowest BCUT2D eigenvalue weighted by Gasteiger charge is -2.31. The molecule has 0 aliphatic carbocycles. The Balaban J connectivity index is 1.53. The van der Waals surface area contributed by atoms with E-state index in [1.54, 1.807) is 0 Å². The second kappa shape index (κ2) is 6.85. The molecule has 1 aliphatic heterocycles. The maximum absolute atomic E-state index is 13.7. The molecule has 9 heteroatoms. The van der Waals surface area contributed by atoms with Gasteiger partial charge in [-0.25, -0.2) is 17.5 Å². The summed E-state index contributed by atoms with van der Waals surface area (Å²) in [6, 6.07) is 9.62. The third kappa shape index (κ3) is 3.33. The number of halogens is 2. The molecule has 1 fully saturated rings. The molecule has 27 heavy (non-hydrogen) atoms. The number of rotatable bonds is 3. The average molecular weight is 409 g/mol.